The number of likely N-dealkylation sites (tertiary alicyclic amines) is 1. The Kier molecular flexibility index (Phi) is 4.33. The topological polar surface area (TPSA) is 36.1 Å². The second-order valence-electron chi connectivity index (χ2n) is 6.37. The monoisotopic (exact) mass is 358 g/mol. The second kappa shape index (κ2) is 6.61. The summed E-state index contributed by atoms with van der Waals surface area (Å²) >= 11 is 7.72. The minimum Gasteiger partial charge on any atom is -0.358 e. The van der Waals surface area contributed by atoms with Gasteiger partial charge in [0.05, 0.1) is 6.42 Å². The number of aromatic amines is 1. The van der Waals surface area contributed by atoms with Crippen molar-refractivity contribution in [1.29, 1.82) is 0 Å². The van der Waals surface area contributed by atoms with E-state index in [1.807, 2.05) is 40.6 Å². The standard InChI is InChI=1S/C19H19ClN2OS/c20-15-3-4-17-14(10-15)11-18(21-17)13-5-7-22(8-6-13)19(23)12-16-2-1-9-24-16/h1-4,9-11,13,21H,5-8,12H2. The van der Waals surface area contributed by atoms with Gasteiger partial charge in [0.25, 0.3) is 0 Å². The number of H-pyrrole nitrogens is 1. The first-order valence-electron chi connectivity index (χ1n) is 8.27. The van der Waals surface area contributed by atoms with Gasteiger partial charge >= 0.3 is 0 Å². The van der Waals surface area contributed by atoms with Gasteiger partial charge in [-0.3, -0.25) is 4.79 Å². The fourth-order valence-corrected chi connectivity index (χ4v) is 4.34. The molecule has 2 aromatic heterocycles. The zero-order chi connectivity index (χ0) is 16.5. The Morgan fingerprint density at radius 2 is 2.08 bits per heavy atom. The van der Waals surface area contributed by atoms with Gasteiger partial charge in [-0.05, 0) is 48.6 Å². The molecule has 1 amide bonds. The third-order valence-electron chi connectivity index (χ3n) is 4.80. The third-order valence-corrected chi connectivity index (χ3v) is 5.91. The van der Waals surface area contributed by atoms with E-state index >= 15 is 0 Å². The zero-order valence-corrected chi connectivity index (χ0v) is 14.9. The molecule has 4 rings (SSSR count). The van der Waals surface area contributed by atoms with Crippen molar-refractivity contribution in [1.82, 2.24) is 9.88 Å². The number of fused-ring (bicyclic) bond motifs is 1. The van der Waals surface area contributed by atoms with Crippen LogP contribution in [-0.2, 0) is 11.2 Å². The Morgan fingerprint density at radius 1 is 1.25 bits per heavy atom. The van der Waals surface area contributed by atoms with Crippen LogP contribution in [0, 0.1) is 0 Å². The number of thiophene rings is 1. The summed E-state index contributed by atoms with van der Waals surface area (Å²) in [5, 5.41) is 3.95. The first-order chi connectivity index (χ1) is 11.7. The number of benzene rings is 1. The van der Waals surface area contributed by atoms with Gasteiger partial charge in [0.15, 0.2) is 0 Å². The predicted octanol–water partition coefficient (Wildman–Crippen LogP) is 4.83. The molecule has 1 aliphatic rings. The molecule has 0 spiro atoms. The molecule has 0 atom stereocenters. The average molecular weight is 359 g/mol. The van der Waals surface area contributed by atoms with Crippen LogP contribution in [0.15, 0.2) is 41.8 Å². The molecule has 5 heteroatoms. The number of aromatic nitrogens is 1. The molecule has 0 radical (unpaired) electrons. The van der Waals surface area contributed by atoms with Gasteiger partial charge < -0.3 is 9.88 Å². The van der Waals surface area contributed by atoms with Crippen molar-refractivity contribution in [2.75, 3.05) is 13.1 Å². The molecule has 24 heavy (non-hydrogen) atoms. The fourth-order valence-electron chi connectivity index (χ4n) is 3.46. The predicted molar refractivity (Wildman–Crippen MR) is 99.9 cm³/mol. The highest BCUT2D eigenvalue weighted by Crippen LogP contribution is 2.31. The smallest absolute Gasteiger partial charge is 0.227 e. The van der Waals surface area contributed by atoms with Gasteiger partial charge in [0.2, 0.25) is 5.91 Å². The van der Waals surface area contributed by atoms with Crippen molar-refractivity contribution in [3.05, 3.63) is 57.4 Å². The highest BCUT2D eigenvalue weighted by Gasteiger charge is 2.25. The van der Waals surface area contributed by atoms with Gasteiger partial charge in [0.1, 0.15) is 0 Å². The maximum absolute atomic E-state index is 12.4. The maximum Gasteiger partial charge on any atom is 0.227 e. The summed E-state index contributed by atoms with van der Waals surface area (Å²) in [5.41, 5.74) is 2.39. The van der Waals surface area contributed by atoms with Crippen LogP contribution in [0.25, 0.3) is 10.9 Å². The van der Waals surface area contributed by atoms with Crippen LogP contribution in [-0.4, -0.2) is 28.9 Å². The molecule has 0 unspecified atom stereocenters. The van der Waals surface area contributed by atoms with Crippen LogP contribution in [0.2, 0.25) is 5.02 Å². The molecule has 1 aliphatic heterocycles. The van der Waals surface area contributed by atoms with Gasteiger partial charge in [-0.1, -0.05) is 17.7 Å². The molecule has 0 bridgehead atoms. The molecule has 3 heterocycles. The zero-order valence-electron chi connectivity index (χ0n) is 13.3. The van der Waals surface area contributed by atoms with Crippen LogP contribution < -0.4 is 0 Å². The summed E-state index contributed by atoms with van der Waals surface area (Å²) in [5.74, 6) is 0.737. The lowest BCUT2D eigenvalue weighted by molar-refractivity contribution is -0.131. The summed E-state index contributed by atoms with van der Waals surface area (Å²) in [6.07, 6.45) is 2.56. The number of nitrogens with one attached hydrogen (secondary N) is 1. The van der Waals surface area contributed by atoms with E-state index in [1.165, 1.54) is 5.69 Å². The molecule has 3 nitrogen and oxygen atoms in total. The van der Waals surface area contributed by atoms with E-state index in [1.54, 1.807) is 11.3 Å². The number of carbonyl (C=O) groups excluding carboxylic acids is 1. The van der Waals surface area contributed by atoms with Gasteiger partial charge in [-0.25, -0.2) is 0 Å². The molecular formula is C19H19ClN2OS. The molecular weight excluding hydrogens is 340 g/mol. The summed E-state index contributed by atoms with van der Waals surface area (Å²) < 4.78 is 0. The molecule has 1 aromatic carbocycles. The number of rotatable bonds is 3. The Hall–Kier alpha value is -1.78. The minimum atomic E-state index is 0.249. The molecule has 0 aliphatic carbocycles. The van der Waals surface area contributed by atoms with E-state index in [9.17, 15) is 4.79 Å². The summed E-state index contributed by atoms with van der Waals surface area (Å²) in [6, 6.07) is 12.2. The number of amides is 1. The lowest BCUT2D eigenvalue weighted by Crippen LogP contribution is -2.38. The van der Waals surface area contributed by atoms with E-state index in [0.717, 1.165) is 46.7 Å². The molecule has 0 saturated carbocycles. The molecule has 1 N–H and O–H groups in total. The number of carbonyl (C=O) groups is 1. The quantitative estimate of drug-likeness (QED) is 0.715. The lowest BCUT2D eigenvalue weighted by Gasteiger charge is -2.31. The van der Waals surface area contributed by atoms with Crippen molar-refractivity contribution in [3.8, 4) is 0 Å². The van der Waals surface area contributed by atoms with Gasteiger partial charge in [0, 0.05) is 45.5 Å². The minimum absolute atomic E-state index is 0.249. The fraction of sp³-hybridized carbons (Fsp3) is 0.316. The van der Waals surface area contributed by atoms with Crippen LogP contribution >= 0.6 is 22.9 Å². The SMILES string of the molecule is O=C(Cc1cccs1)N1CCC(c2cc3cc(Cl)ccc3[nH]2)CC1. The highest BCUT2D eigenvalue weighted by molar-refractivity contribution is 7.10. The molecule has 1 fully saturated rings. The summed E-state index contributed by atoms with van der Waals surface area (Å²) in [4.78, 5) is 19.1. The van der Waals surface area contributed by atoms with Crippen LogP contribution in [0.4, 0.5) is 0 Å². The Morgan fingerprint density at radius 3 is 2.83 bits per heavy atom. The van der Waals surface area contributed by atoms with E-state index in [-0.39, 0.29) is 5.91 Å². The largest absolute Gasteiger partial charge is 0.358 e. The van der Waals surface area contributed by atoms with E-state index in [4.69, 9.17) is 11.6 Å². The first-order valence-corrected chi connectivity index (χ1v) is 9.53. The number of piperidine rings is 1. The number of hydrogen-bond donors (Lipinski definition) is 1. The summed E-state index contributed by atoms with van der Waals surface area (Å²) in [6.45, 7) is 1.68. The maximum atomic E-state index is 12.4. The van der Waals surface area contributed by atoms with Crippen molar-refractivity contribution in [3.63, 3.8) is 0 Å². The molecule has 124 valence electrons. The Balaban J connectivity index is 1.40. The van der Waals surface area contributed by atoms with Gasteiger partial charge in [-0.2, -0.15) is 0 Å². The lowest BCUT2D eigenvalue weighted by atomic mass is 9.93. The molecule has 1 saturated heterocycles. The average Bonchev–Trinajstić information content (AvgIpc) is 3.24. The summed E-state index contributed by atoms with van der Waals surface area (Å²) in [7, 11) is 0. The van der Waals surface area contributed by atoms with E-state index in [2.05, 4.69) is 11.1 Å². The van der Waals surface area contributed by atoms with Crippen LogP contribution in [0.5, 0.6) is 0 Å². The first kappa shape index (κ1) is 15.7. The normalized spacial score (nSPS) is 16.0. The van der Waals surface area contributed by atoms with E-state index < -0.39 is 0 Å². The van der Waals surface area contributed by atoms with Gasteiger partial charge in [-0.15, -0.1) is 11.3 Å². The van der Waals surface area contributed by atoms with Crippen LogP contribution in [0.3, 0.4) is 0 Å². The van der Waals surface area contributed by atoms with Crippen molar-refractivity contribution in [2.45, 2.75) is 25.2 Å². The third kappa shape index (κ3) is 3.21. The number of hydrogen-bond acceptors (Lipinski definition) is 2. The Bertz CT molecular complexity index is 848. The Labute approximate surface area is 150 Å². The number of halogens is 1. The number of nitrogens with zero attached hydrogens (tertiary/aromatic N) is 1. The second-order valence-corrected chi connectivity index (χ2v) is 7.84. The highest BCUT2D eigenvalue weighted by atomic mass is 35.5. The van der Waals surface area contributed by atoms with Crippen molar-refractivity contribution >= 4 is 39.7 Å². The van der Waals surface area contributed by atoms with Crippen molar-refractivity contribution in [2.24, 2.45) is 0 Å². The van der Waals surface area contributed by atoms with Crippen LogP contribution in [0.1, 0.15) is 29.3 Å². The van der Waals surface area contributed by atoms with E-state index in [0.29, 0.717) is 12.3 Å². The van der Waals surface area contributed by atoms with Crippen molar-refractivity contribution < 1.29 is 4.79 Å². The molecule has 3 aromatic rings.